The van der Waals surface area contributed by atoms with Crippen LogP contribution in [0.4, 0.5) is 0 Å². The molecule has 0 saturated carbocycles. The van der Waals surface area contributed by atoms with Gasteiger partial charge in [-0.15, -0.1) is 0 Å². The van der Waals surface area contributed by atoms with E-state index in [1.54, 1.807) is 22.5 Å². The number of carboxylic acid groups (broad SMARTS) is 1. The highest BCUT2D eigenvalue weighted by Crippen LogP contribution is 2.15. The van der Waals surface area contributed by atoms with E-state index in [2.05, 4.69) is 10.4 Å². The number of carbonyl (C=O) groups excluding carboxylic acids is 1. The van der Waals surface area contributed by atoms with E-state index < -0.39 is 12.0 Å². The van der Waals surface area contributed by atoms with Crippen LogP contribution in [0.25, 0.3) is 0 Å². The van der Waals surface area contributed by atoms with Gasteiger partial charge in [-0.1, -0.05) is 13.8 Å². The van der Waals surface area contributed by atoms with Crippen molar-refractivity contribution < 1.29 is 14.7 Å². The summed E-state index contributed by atoms with van der Waals surface area (Å²) in [6, 6.07) is 0.865. The summed E-state index contributed by atoms with van der Waals surface area (Å²) in [5.41, 5.74) is 1.24. The highest BCUT2D eigenvalue weighted by Gasteiger charge is 2.23. The SMILES string of the molecule is CCn1nc(C(C)C)cc1C(=O)NC(CCSC)C(=O)O. The molecule has 0 bridgehead atoms. The van der Waals surface area contributed by atoms with Crippen LogP contribution in [-0.2, 0) is 11.3 Å². The van der Waals surface area contributed by atoms with Gasteiger partial charge in [0.05, 0.1) is 5.69 Å². The van der Waals surface area contributed by atoms with Gasteiger partial charge in [0.15, 0.2) is 0 Å². The van der Waals surface area contributed by atoms with Crippen LogP contribution in [0, 0.1) is 0 Å². The van der Waals surface area contributed by atoms with E-state index >= 15 is 0 Å². The Bertz CT molecular complexity index is 500. The van der Waals surface area contributed by atoms with Gasteiger partial charge < -0.3 is 10.4 Å². The second-order valence-corrected chi connectivity index (χ2v) is 6.06. The first kappa shape index (κ1) is 17.6. The Hall–Kier alpha value is -1.50. The number of aliphatic carboxylic acids is 1. The second kappa shape index (κ2) is 8.07. The molecule has 1 heterocycles. The molecular weight excluding hydrogens is 290 g/mol. The van der Waals surface area contributed by atoms with Crippen LogP contribution in [0.5, 0.6) is 0 Å². The van der Waals surface area contributed by atoms with E-state index in [9.17, 15) is 9.59 Å². The monoisotopic (exact) mass is 313 g/mol. The first-order valence-corrected chi connectivity index (χ1v) is 8.40. The minimum Gasteiger partial charge on any atom is -0.480 e. The zero-order chi connectivity index (χ0) is 16.0. The maximum absolute atomic E-state index is 12.3. The Kier molecular flexibility index (Phi) is 6.74. The molecule has 2 N–H and O–H groups in total. The van der Waals surface area contributed by atoms with E-state index in [1.165, 1.54) is 0 Å². The van der Waals surface area contributed by atoms with Gasteiger partial charge >= 0.3 is 5.97 Å². The van der Waals surface area contributed by atoms with E-state index in [0.717, 1.165) is 5.69 Å². The minimum atomic E-state index is -1.01. The molecule has 0 fully saturated rings. The Morgan fingerprint density at radius 1 is 1.48 bits per heavy atom. The molecular formula is C14H23N3O3S. The van der Waals surface area contributed by atoms with Gasteiger partial charge in [-0.05, 0) is 37.3 Å². The Morgan fingerprint density at radius 2 is 2.14 bits per heavy atom. The molecule has 1 aromatic rings. The van der Waals surface area contributed by atoms with Crippen molar-refractivity contribution in [2.45, 2.75) is 45.7 Å². The third kappa shape index (κ3) is 4.77. The number of amides is 1. The van der Waals surface area contributed by atoms with Crippen LogP contribution in [0.2, 0.25) is 0 Å². The molecule has 1 atom stereocenters. The predicted octanol–water partition coefficient (Wildman–Crippen LogP) is 1.96. The van der Waals surface area contributed by atoms with Gasteiger partial charge in [-0.2, -0.15) is 16.9 Å². The number of aromatic nitrogens is 2. The van der Waals surface area contributed by atoms with E-state index in [0.29, 0.717) is 24.4 Å². The number of aryl methyl sites for hydroxylation is 1. The van der Waals surface area contributed by atoms with Crippen LogP contribution < -0.4 is 5.32 Å². The van der Waals surface area contributed by atoms with E-state index in [4.69, 9.17) is 5.11 Å². The number of nitrogens with zero attached hydrogens (tertiary/aromatic N) is 2. The fraction of sp³-hybridized carbons (Fsp3) is 0.643. The first-order chi connectivity index (χ1) is 9.90. The summed E-state index contributed by atoms with van der Waals surface area (Å²) in [7, 11) is 0. The molecule has 1 unspecified atom stereocenters. The number of thioether (sulfide) groups is 1. The van der Waals surface area contributed by atoms with Gasteiger partial charge in [0.25, 0.3) is 5.91 Å². The van der Waals surface area contributed by atoms with Crippen molar-refractivity contribution in [3.63, 3.8) is 0 Å². The molecule has 0 aliphatic rings. The lowest BCUT2D eigenvalue weighted by atomic mass is 10.1. The Morgan fingerprint density at radius 3 is 2.62 bits per heavy atom. The lowest BCUT2D eigenvalue weighted by Crippen LogP contribution is -2.41. The Labute approximate surface area is 129 Å². The third-order valence-electron chi connectivity index (χ3n) is 3.14. The summed E-state index contributed by atoms with van der Waals surface area (Å²) in [5.74, 6) is -0.494. The molecule has 0 aliphatic carbocycles. The standard InChI is InChI=1S/C14H23N3O3S/c1-5-17-12(8-11(16-17)9(2)3)13(18)15-10(14(19)20)6-7-21-4/h8-10H,5-7H2,1-4H3,(H,15,18)(H,19,20). The summed E-state index contributed by atoms with van der Waals surface area (Å²) in [6.45, 7) is 6.47. The number of carboxylic acids is 1. The first-order valence-electron chi connectivity index (χ1n) is 7.01. The molecule has 1 rings (SSSR count). The maximum Gasteiger partial charge on any atom is 0.326 e. The van der Waals surface area contributed by atoms with Crippen molar-refractivity contribution in [3.8, 4) is 0 Å². The third-order valence-corrected chi connectivity index (χ3v) is 3.78. The molecule has 0 saturated heterocycles. The van der Waals surface area contributed by atoms with Crippen LogP contribution >= 0.6 is 11.8 Å². The fourth-order valence-electron chi connectivity index (χ4n) is 1.87. The maximum atomic E-state index is 12.3. The quantitative estimate of drug-likeness (QED) is 0.766. The molecule has 0 radical (unpaired) electrons. The largest absolute Gasteiger partial charge is 0.480 e. The van der Waals surface area contributed by atoms with Crippen LogP contribution in [0.1, 0.15) is 49.3 Å². The molecule has 21 heavy (non-hydrogen) atoms. The zero-order valence-corrected chi connectivity index (χ0v) is 13.7. The van der Waals surface area contributed by atoms with Crippen molar-refractivity contribution in [2.24, 2.45) is 0 Å². The molecule has 6 nitrogen and oxygen atoms in total. The van der Waals surface area contributed by atoms with Crippen molar-refractivity contribution in [1.29, 1.82) is 0 Å². The predicted molar refractivity (Wildman–Crippen MR) is 83.9 cm³/mol. The number of rotatable bonds is 8. The summed E-state index contributed by atoms with van der Waals surface area (Å²) < 4.78 is 1.61. The smallest absolute Gasteiger partial charge is 0.326 e. The van der Waals surface area contributed by atoms with Gasteiger partial charge in [-0.3, -0.25) is 9.48 Å². The summed E-state index contributed by atoms with van der Waals surface area (Å²) >= 11 is 1.55. The molecule has 7 heteroatoms. The highest BCUT2D eigenvalue weighted by molar-refractivity contribution is 7.98. The van der Waals surface area contributed by atoms with Crippen molar-refractivity contribution >= 4 is 23.6 Å². The fourth-order valence-corrected chi connectivity index (χ4v) is 2.34. The van der Waals surface area contributed by atoms with E-state index in [1.807, 2.05) is 27.0 Å². The molecule has 118 valence electrons. The second-order valence-electron chi connectivity index (χ2n) is 5.07. The molecule has 0 aliphatic heterocycles. The van der Waals surface area contributed by atoms with Crippen molar-refractivity contribution in [2.75, 3.05) is 12.0 Å². The van der Waals surface area contributed by atoms with Crippen LogP contribution in [0.15, 0.2) is 6.07 Å². The number of hydrogen-bond acceptors (Lipinski definition) is 4. The van der Waals surface area contributed by atoms with Crippen molar-refractivity contribution in [3.05, 3.63) is 17.5 Å². The molecule has 0 spiro atoms. The number of hydrogen-bond donors (Lipinski definition) is 2. The topological polar surface area (TPSA) is 84.2 Å². The van der Waals surface area contributed by atoms with Crippen LogP contribution in [-0.4, -0.2) is 44.8 Å². The summed E-state index contributed by atoms with van der Waals surface area (Å²) in [6.07, 6.45) is 2.31. The lowest BCUT2D eigenvalue weighted by Gasteiger charge is -2.14. The number of carbonyl (C=O) groups is 2. The minimum absolute atomic E-state index is 0.219. The summed E-state index contributed by atoms with van der Waals surface area (Å²) in [4.78, 5) is 23.5. The van der Waals surface area contributed by atoms with Crippen LogP contribution in [0.3, 0.4) is 0 Å². The van der Waals surface area contributed by atoms with Crippen molar-refractivity contribution in [1.82, 2.24) is 15.1 Å². The highest BCUT2D eigenvalue weighted by atomic mass is 32.2. The number of nitrogens with one attached hydrogen (secondary N) is 1. The Balaban J connectivity index is 2.88. The van der Waals surface area contributed by atoms with Gasteiger partial charge in [0.2, 0.25) is 0 Å². The molecule has 0 aromatic carbocycles. The normalized spacial score (nSPS) is 12.4. The average Bonchev–Trinajstić information content (AvgIpc) is 2.87. The summed E-state index contributed by atoms with van der Waals surface area (Å²) in [5, 5.41) is 16.1. The van der Waals surface area contributed by atoms with E-state index in [-0.39, 0.29) is 11.8 Å². The zero-order valence-electron chi connectivity index (χ0n) is 12.9. The average molecular weight is 313 g/mol. The lowest BCUT2D eigenvalue weighted by molar-refractivity contribution is -0.139. The molecule has 1 aromatic heterocycles. The molecule has 1 amide bonds. The van der Waals surface area contributed by atoms with Gasteiger partial charge in [0.1, 0.15) is 11.7 Å². The van der Waals surface area contributed by atoms with Gasteiger partial charge in [0, 0.05) is 6.54 Å². The van der Waals surface area contributed by atoms with Gasteiger partial charge in [-0.25, -0.2) is 4.79 Å².